The van der Waals surface area contributed by atoms with E-state index in [4.69, 9.17) is 0 Å². The van der Waals surface area contributed by atoms with Crippen LogP contribution in [-0.2, 0) is 21.9 Å². The summed E-state index contributed by atoms with van der Waals surface area (Å²) in [6, 6.07) is 68.9. The number of aromatic nitrogens is 3. The van der Waals surface area contributed by atoms with Crippen molar-refractivity contribution >= 4 is 16.7 Å². The first-order chi connectivity index (χ1) is 35.0. The molecule has 19 rings (SSSR count). The Bertz CT molecular complexity index is 4270. The van der Waals surface area contributed by atoms with E-state index in [1.165, 1.54) is 128 Å². The summed E-state index contributed by atoms with van der Waals surface area (Å²) in [5.41, 5.74) is 29.2. The van der Waals surface area contributed by atoms with Gasteiger partial charge in [0.2, 0.25) is 28.2 Å². The molecule has 2 saturated carbocycles. The largest absolute Gasteiger partial charge is 0.228 e. The van der Waals surface area contributed by atoms with Gasteiger partial charge in [-0.1, -0.05) is 133 Å². The molecule has 10 aliphatic rings. The lowest BCUT2D eigenvalue weighted by atomic mass is 9.68. The average molecular weight is 903 g/mol. The van der Waals surface area contributed by atoms with E-state index in [-0.39, 0.29) is 17.9 Å². The second-order valence-corrected chi connectivity index (χ2v) is 22.2. The number of hydrogen-bond donors (Lipinski definition) is 0. The molecule has 7 atom stereocenters. The molecule has 7 unspecified atom stereocenters. The Balaban J connectivity index is 1.09. The molecule has 3 spiro atoms. The van der Waals surface area contributed by atoms with E-state index < -0.39 is 21.9 Å². The van der Waals surface area contributed by atoms with Crippen LogP contribution in [0.1, 0.15) is 57.3 Å². The number of aryl methyl sites for hydroxylation is 1. The molecule has 0 radical (unpaired) electrons. The highest BCUT2D eigenvalue weighted by molar-refractivity contribution is 6.03. The van der Waals surface area contributed by atoms with Crippen molar-refractivity contribution in [2.75, 3.05) is 0 Å². The molecule has 2 fully saturated rings. The number of hydrogen-bond acceptors (Lipinski definition) is 0. The molecule has 9 aromatic rings. The summed E-state index contributed by atoms with van der Waals surface area (Å²) in [5.74, 6) is 0.0771. The minimum absolute atomic E-state index is 0.0366. The van der Waals surface area contributed by atoms with Gasteiger partial charge in [-0.15, -0.1) is 0 Å². The van der Waals surface area contributed by atoms with Crippen molar-refractivity contribution in [2.24, 2.45) is 5.92 Å². The normalized spacial score (nSPS) is 29.3. The molecule has 6 aliphatic heterocycles. The first-order valence-corrected chi connectivity index (χ1v) is 25.7. The fraction of sp³-hybridized carbons (Fsp3) is 0.132. The zero-order valence-corrected chi connectivity index (χ0v) is 39.1. The Morgan fingerprint density at radius 3 is 1.87 bits per heavy atom. The predicted molar refractivity (Wildman–Crippen MR) is 278 cm³/mol. The third-order valence-electron chi connectivity index (χ3n) is 19.7. The summed E-state index contributed by atoms with van der Waals surface area (Å²) in [7, 11) is 0. The number of benzene rings is 6. The third kappa shape index (κ3) is 3.77. The van der Waals surface area contributed by atoms with Gasteiger partial charge >= 0.3 is 0 Å². The van der Waals surface area contributed by atoms with E-state index in [9.17, 15) is 0 Å². The summed E-state index contributed by atoms with van der Waals surface area (Å²) in [5, 5.41) is 0. The van der Waals surface area contributed by atoms with Crippen molar-refractivity contribution in [2.45, 2.75) is 47.2 Å². The number of pyridine rings is 3. The highest BCUT2D eigenvalue weighted by Gasteiger charge is 2.87. The van der Waals surface area contributed by atoms with Crippen LogP contribution >= 0.6 is 0 Å². The molecule has 6 aromatic carbocycles. The lowest BCUT2D eigenvalue weighted by molar-refractivity contribution is -0.722. The highest BCUT2D eigenvalue weighted by Crippen LogP contribution is 2.80. The fourth-order valence-corrected chi connectivity index (χ4v) is 17.0. The van der Waals surface area contributed by atoms with Crippen molar-refractivity contribution in [3.8, 4) is 67.2 Å². The van der Waals surface area contributed by atoms with Gasteiger partial charge in [0, 0.05) is 58.4 Å². The van der Waals surface area contributed by atoms with Crippen molar-refractivity contribution in [3.63, 3.8) is 0 Å². The molecule has 14 bridgehead atoms. The molecule has 328 valence electrons. The van der Waals surface area contributed by atoms with E-state index >= 15 is 0 Å². The second-order valence-electron chi connectivity index (χ2n) is 22.2. The maximum atomic E-state index is 2.88. The summed E-state index contributed by atoms with van der Waals surface area (Å²) in [6.07, 6.45) is 20.0. The molecule has 3 aromatic heterocycles. The van der Waals surface area contributed by atoms with Crippen LogP contribution in [0.4, 0.5) is 0 Å². The molecule has 9 heterocycles. The molecule has 0 amide bonds. The number of allylic oxidation sites excluding steroid dienone is 8. The standard InChI is InChI=1S/C68H44N3/c1-39-30-62-51-23-11-13-25-56(51)68-58-34-65-38-66(65,55-24-12-10-22-50(55)60-29-27-41(36-70(60)65)43-15-3-7-19-47(43)58)57-32-61-52-31-63(68)67(68)33-53(44-16-4-5-17-45(44)54(39)37-71(62)67)64(52)49-21-9-8-20-48(49)59-28-26-40(35-69(59)61)42-14-2-6-18-46(42)57/h2-37,52,61,64H,38H2,1H3/q+3/b57-32-,58-34-. The van der Waals surface area contributed by atoms with Gasteiger partial charge in [0.05, 0.1) is 22.5 Å². The Hall–Kier alpha value is -8.27. The van der Waals surface area contributed by atoms with Crippen LogP contribution in [-0.4, -0.2) is 0 Å². The Morgan fingerprint density at radius 1 is 0.465 bits per heavy atom. The lowest BCUT2D eigenvalue weighted by Gasteiger charge is -2.36. The van der Waals surface area contributed by atoms with E-state index in [0.29, 0.717) is 0 Å². The van der Waals surface area contributed by atoms with Gasteiger partial charge in [0.15, 0.2) is 24.6 Å². The fourth-order valence-electron chi connectivity index (χ4n) is 17.0. The van der Waals surface area contributed by atoms with E-state index in [0.717, 1.165) is 6.42 Å². The molecule has 0 saturated heterocycles. The van der Waals surface area contributed by atoms with Gasteiger partial charge < -0.3 is 0 Å². The zero-order chi connectivity index (χ0) is 45.9. The van der Waals surface area contributed by atoms with E-state index in [2.05, 4.69) is 239 Å². The number of nitrogens with zero attached hydrogens (tertiary/aromatic N) is 3. The van der Waals surface area contributed by atoms with Gasteiger partial charge in [-0.25, -0.2) is 0 Å². The maximum Gasteiger partial charge on any atom is 0.228 e. The summed E-state index contributed by atoms with van der Waals surface area (Å²) in [4.78, 5) is 0. The van der Waals surface area contributed by atoms with Gasteiger partial charge in [-0.3, -0.25) is 0 Å². The van der Waals surface area contributed by atoms with Gasteiger partial charge in [-0.05, 0) is 128 Å². The second kappa shape index (κ2) is 11.7. The van der Waals surface area contributed by atoms with Crippen LogP contribution in [0, 0.1) is 12.8 Å². The Labute approximate surface area is 412 Å². The van der Waals surface area contributed by atoms with E-state index in [1.807, 2.05) is 0 Å². The first kappa shape index (κ1) is 36.7. The molecule has 3 nitrogen and oxygen atoms in total. The lowest BCUT2D eigenvalue weighted by Crippen LogP contribution is -2.57. The minimum Gasteiger partial charge on any atom is -0.191 e. The molecular formula is C68H44N3+3. The van der Waals surface area contributed by atoms with Crippen LogP contribution in [0.15, 0.2) is 224 Å². The van der Waals surface area contributed by atoms with Crippen molar-refractivity contribution < 1.29 is 13.7 Å². The molecule has 3 heteroatoms. The zero-order valence-electron chi connectivity index (χ0n) is 39.1. The van der Waals surface area contributed by atoms with Crippen molar-refractivity contribution in [1.29, 1.82) is 0 Å². The van der Waals surface area contributed by atoms with Crippen LogP contribution in [0.2, 0.25) is 0 Å². The maximum absolute atomic E-state index is 2.88. The quantitative estimate of drug-likeness (QED) is 0.106. The predicted octanol–water partition coefficient (Wildman–Crippen LogP) is 13.0. The monoisotopic (exact) mass is 902 g/mol. The van der Waals surface area contributed by atoms with Crippen LogP contribution in [0.25, 0.3) is 83.9 Å². The molecular weight excluding hydrogens is 859 g/mol. The SMILES string of the molecule is Cc1cc2[n+]3cc1-c1ccccc1C1=CC34C3=CC5C1c1ccccc1-c1ccc6c[n+]1C5/C=C(/c1ccccc1-6)C15CC16/C=C(/c1ccccc1-c1ccc([n+]6c1)-c1ccccc15)C34c1ccccc1-2. The third-order valence-corrected chi connectivity index (χ3v) is 19.7. The number of rotatable bonds is 0. The van der Waals surface area contributed by atoms with Crippen LogP contribution < -0.4 is 13.7 Å². The van der Waals surface area contributed by atoms with E-state index in [1.54, 1.807) is 0 Å². The highest BCUT2D eigenvalue weighted by atomic mass is 15.2. The van der Waals surface area contributed by atoms with Gasteiger partial charge in [-0.2, -0.15) is 13.7 Å². The molecule has 4 aliphatic carbocycles. The van der Waals surface area contributed by atoms with Crippen LogP contribution in [0.3, 0.4) is 0 Å². The average Bonchev–Trinajstić information content (AvgIpc) is 4.41. The summed E-state index contributed by atoms with van der Waals surface area (Å²) in [6.45, 7) is 2.34. The summed E-state index contributed by atoms with van der Waals surface area (Å²) < 4.78 is 8.28. The minimum atomic E-state index is -0.544. The van der Waals surface area contributed by atoms with Gasteiger partial charge in [0.25, 0.3) is 0 Å². The Morgan fingerprint density at radius 2 is 1.08 bits per heavy atom. The van der Waals surface area contributed by atoms with Crippen molar-refractivity contribution in [1.82, 2.24) is 0 Å². The molecule has 0 N–H and O–H groups in total. The van der Waals surface area contributed by atoms with Crippen molar-refractivity contribution in [3.05, 3.63) is 263 Å². The smallest absolute Gasteiger partial charge is 0.191 e. The number of fused-ring (bicyclic) bond motifs is 20. The van der Waals surface area contributed by atoms with Crippen LogP contribution in [0.5, 0.6) is 0 Å². The first-order valence-electron chi connectivity index (χ1n) is 25.7. The Kier molecular flexibility index (Phi) is 6.02. The van der Waals surface area contributed by atoms with Gasteiger partial charge in [0.1, 0.15) is 5.41 Å². The topological polar surface area (TPSA) is 11.6 Å². The summed E-state index contributed by atoms with van der Waals surface area (Å²) >= 11 is 0. The molecule has 71 heavy (non-hydrogen) atoms.